The molecule has 1 spiro atoms. The second-order valence-corrected chi connectivity index (χ2v) is 6.85. The predicted molar refractivity (Wildman–Crippen MR) is 84.5 cm³/mol. The minimum Gasteiger partial charge on any atom is -0.458 e. The molecule has 23 heavy (non-hydrogen) atoms. The van der Waals surface area contributed by atoms with Gasteiger partial charge >= 0.3 is 5.97 Å². The van der Waals surface area contributed by atoms with E-state index >= 15 is 0 Å². The summed E-state index contributed by atoms with van der Waals surface area (Å²) in [4.78, 5) is 24.5. The highest BCUT2D eigenvalue weighted by Crippen LogP contribution is 2.44. The van der Waals surface area contributed by atoms with E-state index in [0.717, 1.165) is 49.1 Å². The maximum Gasteiger partial charge on any atom is 0.307 e. The van der Waals surface area contributed by atoms with E-state index in [1.807, 2.05) is 25.6 Å². The molecule has 2 aliphatic rings. The highest BCUT2D eigenvalue weighted by molar-refractivity contribution is 5.87. The Kier molecular flexibility index (Phi) is 4.17. The van der Waals surface area contributed by atoms with Crippen molar-refractivity contribution >= 4 is 11.9 Å². The topological polar surface area (TPSA) is 73.2 Å². The lowest BCUT2D eigenvalue weighted by molar-refractivity contribution is -0.153. The molecule has 3 rings (SSSR count). The number of nitrogens with one attached hydrogen (secondary N) is 1. The number of nitrogens with zero attached hydrogens (tertiary/aromatic N) is 2. The molecule has 1 saturated carbocycles. The Morgan fingerprint density at radius 1 is 1.35 bits per heavy atom. The third-order valence-corrected chi connectivity index (χ3v) is 5.44. The molecule has 126 valence electrons. The standard InChI is InChI=1S/C17H25N3O3/c1-11-13(12(2)20(3)19-11)10-18-16(22)14-9-15(21)23-17(14)7-5-4-6-8-17/h14H,4-10H2,1-3H3,(H,18,22). The van der Waals surface area contributed by atoms with Gasteiger partial charge in [0.15, 0.2) is 0 Å². The van der Waals surface area contributed by atoms with Gasteiger partial charge < -0.3 is 10.1 Å². The van der Waals surface area contributed by atoms with E-state index in [1.54, 1.807) is 0 Å². The number of ether oxygens (including phenoxy) is 1. The minimum absolute atomic E-state index is 0.0691. The molecule has 1 amide bonds. The summed E-state index contributed by atoms with van der Waals surface area (Å²) >= 11 is 0. The Morgan fingerprint density at radius 2 is 2.04 bits per heavy atom. The Morgan fingerprint density at radius 3 is 2.65 bits per heavy atom. The number of aryl methyl sites for hydroxylation is 2. The molecule has 2 fully saturated rings. The molecule has 1 N–H and O–H groups in total. The maximum atomic E-state index is 12.7. The summed E-state index contributed by atoms with van der Waals surface area (Å²) in [6.07, 6.45) is 5.03. The van der Waals surface area contributed by atoms with Crippen LogP contribution in [0.1, 0.15) is 55.5 Å². The molecule has 0 aromatic carbocycles. The molecule has 1 aliphatic carbocycles. The zero-order chi connectivity index (χ0) is 16.6. The number of aromatic nitrogens is 2. The van der Waals surface area contributed by atoms with Crippen LogP contribution < -0.4 is 5.32 Å². The van der Waals surface area contributed by atoms with Crippen molar-refractivity contribution in [2.75, 3.05) is 0 Å². The van der Waals surface area contributed by atoms with Crippen molar-refractivity contribution in [3.8, 4) is 0 Å². The Labute approximate surface area is 136 Å². The Hall–Kier alpha value is -1.85. The first-order valence-corrected chi connectivity index (χ1v) is 8.41. The molecule has 1 atom stereocenters. The van der Waals surface area contributed by atoms with Gasteiger partial charge in [0, 0.05) is 24.8 Å². The second kappa shape index (κ2) is 5.98. The summed E-state index contributed by atoms with van der Waals surface area (Å²) in [5.74, 6) is -0.659. The van der Waals surface area contributed by atoms with E-state index in [2.05, 4.69) is 10.4 Å². The van der Waals surface area contributed by atoms with E-state index in [-0.39, 0.29) is 24.2 Å². The largest absolute Gasteiger partial charge is 0.458 e. The third-order valence-electron chi connectivity index (χ3n) is 5.44. The van der Waals surface area contributed by atoms with Crippen LogP contribution in [0.3, 0.4) is 0 Å². The van der Waals surface area contributed by atoms with Crippen LogP contribution >= 0.6 is 0 Å². The highest BCUT2D eigenvalue weighted by Gasteiger charge is 2.52. The number of carbonyl (C=O) groups excluding carboxylic acids is 2. The van der Waals surface area contributed by atoms with Gasteiger partial charge in [-0.25, -0.2) is 0 Å². The minimum atomic E-state index is -0.557. The van der Waals surface area contributed by atoms with Crippen LogP contribution in [0.2, 0.25) is 0 Å². The van der Waals surface area contributed by atoms with Crippen LogP contribution in [-0.4, -0.2) is 27.3 Å². The molecular formula is C17H25N3O3. The summed E-state index contributed by atoms with van der Waals surface area (Å²) < 4.78 is 7.43. The van der Waals surface area contributed by atoms with Gasteiger partial charge in [-0.2, -0.15) is 5.10 Å². The normalized spacial score (nSPS) is 23.1. The van der Waals surface area contributed by atoms with Gasteiger partial charge in [0.05, 0.1) is 18.0 Å². The lowest BCUT2D eigenvalue weighted by Gasteiger charge is -2.36. The van der Waals surface area contributed by atoms with Gasteiger partial charge in [0.25, 0.3) is 0 Å². The molecule has 1 saturated heterocycles. The number of rotatable bonds is 3. The molecule has 1 aliphatic heterocycles. The summed E-state index contributed by atoms with van der Waals surface area (Å²) in [5, 5.41) is 7.37. The van der Waals surface area contributed by atoms with E-state index in [4.69, 9.17) is 4.74 Å². The predicted octanol–water partition coefficient (Wildman–Crippen LogP) is 1.92. The fraction of sp³-hybridized carbons (Fsp3) is 0.706. The number of carbonyl (C=O) groups is 2. The molecule has 0 radical (unpaired) electrons. The molecule has 1 aromatic rings. The van der Waals surface area contributed by atoms with Gasteiger partial charge in [-0.1, -0.05) is 6.42 Å². The summed E-state index contributed by atoms with van der Waals surface area (Å²) in [6, 6.07) is 0. The van der Waals surface area contributed by atoms with Gasteiger partial charge in [-0.3, -0.25) is 14.3 Å². The fourth-order valence-electron chi connectivity index (χ4n) is 4.00. The summed E-state index contributed by atoms with van der Waals surface area (Å²) in [6.45, 7) is 4.39. The van der Waals surface area contributed by atoms with Crippen LogP contribution in [-0.2, 0) is 27.9 Å². The quantitative estimate of drug-likeness (QED) is 0.864. The van der Waals surface area contributed by atoms with Crippen molar-refractivity contribution in [1.82, 2.24) is 15.1 Å². The highest BCUT2D eigenvalue weighted by atomic mass is 16.6. The van der Waals surface area contributed by atoms with Gasteiger partial charge in [0.2, 0.25) is 5.91 Å². The van der Waals surface area contributed by atoms with E-state index in [9.17, 15) is 9.59 Å². The molecule has 1 unspecified atom stereocenters. The smallest absolute Gasteiger partial charge is 0.307 e. The first-order valence-electron chi connectivity index (χ1n) is 8.41. The van der Waals surface area contributed by atoms with E-state index in [0.29, 0.717) is 6.54 Å². The van der Waals surface area contributed by atoms with Crippen molar-refractivity contribution in [1.29, 1.82) is 0 Å². The van der Waals surface area contributed by atoms with Crippen LogP contribution in [0.4, 0.5) is 0 Å². The fourth-order valence-corrected chi connectivity index (χ4v) is 4.00. The van der Waals surface area contributed by atoms with Crippen LogP contribution in [0.15, 0.2) is 0 Å². The first-order chi connectivity index (χ1) is 10.9. The van der Waals surface area contributed by atoms with Crippen molar-refractivity contribution in [3.63, 3.8) is 0 Å². The Balaban J connectivity index is 1.71. The summed E-state index contributed by atoms with van der Waals surface area (Å²) in [7, 11) is 1.90. The lowest BCUT2D eigenvalue weighted by atomic mass is 9.75. The van der Waals surface area contributed by atoms with Crippen LogP contribution in [0, 0.1) is 19.8 Å². The zero-order valence-corrected chi connectivity index (χ0v) is 14.1. The maximum absolute atomic E-state index is 12.7. The third kappa shape index (κ3) is 2.86. The molecule has 2 heterocycles. The molecule has 6 heteroatoms. The van der Waals surface area contributed by atoms with Gasteiger partial charge in [-0.05, 0) is 39.5 Å². The van der Waals surface area contributed by atoms with Crippen LogP contribution in [0.25, 0.3) is 0 Å². The number of esters is 1. The van der Waals surface area contributed by atoms with Crippen molar-refractivity contribution < 1.29 is 14.3 Å². The second-order valence-electron chi connectivity index (χ2n) is 6.85. The van der Waals surface area contributed by atoms with Crippen molar-refractivity contribution in [2.45, 2.75) is 64.5 Å². The molecular weight excluding hydrogens is 294 g/mol. The van der Waals surface area contributed by atoms with Crippen molar-refractivity contribution in [3.05, 3.63) is 17.0 Å². The Bertz CT molecular complexity index is 629. The molecule has 6 nitrogen and oxygen atoms in total. The van der Waals surface area contributed by atoms with E-state index in [1.165, 1.54) is 0 Å². The SMILES string of the molecule is Cc1nn(C)c(C)c1CNC(=O)C1CC(=O)OC12CCCCC2. The number of hydrogen-bond donors (Lipinski definition) is 1. The van der Waals surface area contributed by atoms with Gasteiger partial charge in [-0.15, -0.1) is 0 Å². The number of amides is 1. The van der Waals surface area contributed by atoms with E-state index < -0.39 is 5.60 Å². The summed E-state index contributed by atoms with van der Waals surface area (Å²) in [5.41, 5.74) is 2.47. The molecule has 1 aromatic heterocycles. The zero-order valence-electron chi connectivity index (χ0n) is 14.1. The first kappa shape index (κ1) is 16.0. The number of hydrogen-bond acceptors (Lipinski definition) is 4. The molecule has 0 bridgehead atoms. The lowest BCUT2D eigenvalue weighted by Crippen LogP contribution is -2.45. The monoisotopic (exact) mass is 319 g/mol. The van der Waals surface area contributed by atoms with Gasteiger partial charge in [0.1, 0.15) is 5.60 Å². The average Bonchev–Trinajstić information content (AvgIpc) is 2.95. The van der Waals surface area contributed by atoms with Crippen molar-refractivity contribution in [2.24, 2.45) is 13.0 Å². The average molecular weight is 319 g/mol. The van der Waals surface area contributed by atoms with Crippen LogP contribution in [0.5, 0.6) is 0 Å².